The monoisotopic (exact) mass is 262 g/mol. The topological polar surface area (TPSA) is 20.2 Å². The number of aliphatic hydroxyl groups is 1. The summed E-state index contributed by atoms with van der Waals surface area (Å²) in [7, 11) is 0. The van der Waals surface area contributed by atoms with Crippen molar-refractivity contribution < 1.29 is 13.9 Å². The van der Waals surface area contributed by atoms with Gasteiger partial charge in [-0.25, -0.2) is 8.78 Å². The molecule has 0 radical (unpaired) electrons. The molecule has 1 unspecified atom stereocenters. The molecule has 2 aromatic rings. The van der Waals surface area contributed by atoms with Crippen molar-refractivity contribution in [2.24, 2.45) is 0 Å². The fourth-order valence-corrected chi connectivity index (χ4v) is 2.02. The minimum absolute atomic E-state index is 0.000400. The van der Waals surface area contributed by atoms with Crippen LogP contribution in [-0.4, -0.2) is 5.11 Å². The van der Waals surface area contributed by atoms with E-state index in [1.807, 2.05) is 24.3 Å². The highest BCUT2D eigenvalue weighted by molar-refractivity contribution is 5.26. The smallest absolute Gasteiger partial charge is 0.164 e. The number of rotatable bonds is 4. The van der Waals surface area contributed by atoms with Crippen molar-refractivity contribution in [3.05, 3.63) is 70.8 Å². The van der Waals surface area contributed by atoms with Crippen molar-refractivity contribution in [3.63, 3.8) is 0 Å². The van der Waals surface area contributed by atoms with Crippen LogP contribution in [0.2, 0.25) is 0 Å². The Bertz CT molecular complexity index is 549. The molecule has 0 aliphatic heterocycles. The zero-order valence-corrected chi connectivity index (χ0v) is 10.7. The van der Waals surface area contributed by atoms with Crippen LogP contribution in [0.25, 0.3) is 0 Å². The third-order valence-corrected chi connectivity index (χ3v) is 3.20. The summed E-state index contributed by atoms with van der Waals surface area (Å²) in [6, 6.07) is 11.6. The van der Waals surface area contributed by atoms with Crippen LogP contribution in [0.1, 0.15) is 29.7 Å². The van der Waals surface area contributed by atoms with E-state index in [2.05, 4.69) is 6.92 Å². The molecule has 1 atom stereocenters. The summed E-state index contributed by atoms with van der Waals surface area (Å²) in [5.74, 6) is -1.90. The van der Waals surface area contributed by atoms with Crippen molar-refractivity contribution in [1.82, 2.24) is 0 Å². The van der Waals surface area contributed by atoms with E-state index >= 15 is 0 Å². The summed E-state index contributed by atoms with van der Waals surface area (Å²) < 4.78 is 26.6. The van der Waals surface area contributed by atoms with E-state index in [0.717, 1.165) is 18.1 Å². The molecule has 0 aromatic heterocycles. The van der Waals surface area contributed by atoms with Crippen LogP contribution in [0.4, 0.5) is 8.78 Å². The van der Waals surface area contributed by atoms with Gasteiger partial charge < -0.3 is 5.11 Å². The number of aliphatic hydroxyl groups excluding tert-OH is 1. The second-order valence-corrected chi connectivity index (χ2v) is 4.53. The van der Waals surface area contributed by atoms with Gasteiger partial charge in [0.1, 0.15) is 0 Å². The molecule has 0 amide bonds. The van der Waals surface area contributed by atoms with E-state index in [9.17, 15) is 13.9 Å². The number of benzene rings is 2. The number of hydrogen-bond acceptors (Lipinski definition) is 1. The van der Waals surface area contributed by atoms with Crippen LogP contribution in [0.3, 0.4) is 0 Å². The third kappa shape index (κ3) is 3.18. The Morgan fingerprint density at radius 1 is 1.00 bits per heavy atom. The summed E-state index contributed by atoms with van der Waals surface area (Å²) >= 11 is 0. The second-order valence-electron chi connectivity index (χ2n) is 4.53. The maximum Gasteiger partial charge on any atom is 0.164 e. The van der Waals surface area contributed by atoms with E-state index in [1.54, 1.807) is 0 Å². The Balaban J connectivity index is 2.15. The first-order valence-electron chi connectivity index (χ1n) is 6.31. The minimum Gasteiger partial charge on any atom is -0.388 e. The van der Waals surface area contributed by atoms with E-state index in [-0.39, 0.29) is 12.0 Å². The van der Waals surface area contributed by atoms with Crippen molar-refractivity contribution in [1.29, 1.82) is 0 Å². The zero-order chi connectivity index (χ0) is 13.8. The minimum atomic E-state index is -1.04. The van der Waals surface area contributed by atoms with Gasteiger partial charge in [-0.3, -0.25) is 0 Å². The van der Waals surface area contributed by atoms with Crippen LogP contribution < -0.4 is 0 Å². The first kappa shape index (κ1) is 13.7. The van der Waals surface area contributed by atoms with Gasteiger partial charge in [0, 0.05) is 12.0 Å². The van der Waals surface area contributed by atoms with Crippen molar-refractivity contribution in [2.75, 3.05) is 0 Å². The number of hydrogen-bond donors (Lipinski definition) is 1. The lowest BCUT2D eigenvalue weighted by atomic mass is 9.99. The Labute approximate surface area is 111 Å². The maximum absolute atomic E-state index is 13.5. The Morgan fingerprint density at radius 2 is 1.63 bits per heavy atom. The van der Waals surface area contributed by atoms with E-state index in [0.29, 0.717) is 0 Å². The predicted molar refractivity (Wildman–Crippen MR) is 70.8 cm³/mol. The van der Waals surface area contributed by atoms with Crippen LogP contribution >= 0.6 is 0 Å². The SMILES string of the molecule is CCc1ccc(CC(O)c2cccc(F)c2F)cc1. The van der Waals surface area contributed by atoms with Gasteiger partial charge in [0.25, 0.3) is 0 Å². The molecule has 100 valence electrons. The van der Waals surface area contributed by atoms with Gasteiger partial charge >= 0.3 is 0 Å². The van der Waals surface area contributed by atoms with Gasteiger partial charge in [-0.05, 0) is 23.6 Å². The van der Waals surface area contributed by atoms with Gasteiger partial charge in [0.05, 0.1) is 6.10 Å². The first-order chi connectivity index (χ1) is 9.11. The molecule has 2 aromatic carbocycles. The Hall–Kier alpha value is -1.74. The molecule has 3 heteroatoms. The van der Waals surface area contributed by atoms with Crippen molar-refractivity contribution in [2.45, 2.75) is 25.9 Å². The molecule has 0 saturated carbocycles. The normalized spacial score (nSPS) is 12.4. The van der Waals surface area contributed by atoms with Crippen LogP contribution in [-0.2, 0) is 12.8 Å². The summed E-state index contributed by atoms with van der Waals surface area (Å²) in [4.78, 5) is 0. The molecule has 1 nitrogen and oxygen atoms in total. The molecule has 2 rings (SSSR count). The lowest BCUT2D eigenvalue weighted by Crippen LogP contribution is -2.05. The molecule has 0 aliphatic rings. The highest BCUT2D eigenvalue weighted by atomic mass is 19.2. The van der Waals surface area contributed by atoms with Gasteiger partial charge in [-0.1, -0.05) is 43.3 Å². The largest absolute Gasteiger partial charge is 0.388 e. The highest BCUT2D eigenvalue weighted by Crippen LogP contribution is 2.22. The molecular formula is C16H16F2O. The average Bonchev–Trinajstić information content (AvgIpc) is 2.42. The van der Waals surface area contributed by atoms with Crippen molar-refractivity contribution in [3.8, 4) is 0 Å². The van der Waals surface area contributed by atoms with Crippen LogP contribution in [0.15, 0.2) is 42.5 Å². The van der Waals surface area contributed by atoms with Gasteiger partial charge in [0.15, 0.2) is 11.6 Å². The highest BCUT2D eigenvalue weighted by Gasteiger charge is 2.16. The summed E-state index contributed by atoms with van der Waals surface area (Å²) in [6.07, 6.45) is 0.175. The van der Waals surface area contributed by atoms with Crippen LogP contribution in [0.5, 0.6) is 0 Å². The molecule has 1 N–H and O–H groups in total. The lowest BCUT2D eigenvalue weighted by Gasteiger charge is -2.12. The summed E-state index contributed by atoms with van der Waals surface area (Å²) in [5.41, 5.74) is 2.10. The first-order valence-corrected chi connectivity index (χ1v) is 6.31. The summed E-state index contributed by atoms with van der Waals surface area (Å²) in [5, 5.41) is 10.00. The van der Waals surface area contributed by atoms with E-state index in [1.165, 1.54) is 17.7 Å². The molecule has 0 spiro atoms. The van der Waals surface area contributed by atoms with Crippen LogP contribution in [0, 0.1) is 11.6 Å². The standard InChI is InChI=1S/C16H16F2O/c1-2-11-6-8-12(9-7-11)10-15(19)13-4-3-5-14(17)16(13)18/h3-9,15,19H,2,10H2,1H3. The lowest BCUT2D eigenvalue weighted by molar-refractivity contribution is 0.172. The average molecular weight is 262 g/mol. The molecule has 19 heavy (non-hydrogen) atoms. The molecular weight excluding hydrogens is 246 g/mol. The predicted octanol–water partition coefficient (Wildman–Crippen LogP) is 3.80. The van der Waals surface area contributed by atoms with E-state index in [4.69, 9.17) is 0 Å². The number of aryl methyl sites for hydroxylation is 1. The fraction of sp³-hybridized carbons (Fsp3) is 0.250. The number of halogens is 2. The molecule has 0 saturated heterocycles. The van der Waals surface area contributed by atoms with E-state index < -0.39 is 17.7 Å². The Morgan fingerprint density at radius 3 is 2.26 bits per heavy atom. The third-order valence-electron chi connectivity index (χ3n) is 3.20. The maximum atomic E-state index is 13.5. The van der Waals surface area contributed by atoms with Gasteiger partial charge in [-0.15, -0.1) is 0 Å². The van der Waals surface area contributed by atoms with Crippen molar-refractivity contribution >= 4 is 0 Å². The van der Waals surface area contributed by atoms with Gasteiger partial charge in [-0.2, -0.15) is 0 Å². The quantitative estimate of drug-likeness (QED) is 0.888. The molecule has 0 aliphatic carbocycles. The molecule has 0 bridgehead atoms. The fourth-order valence-electron chi connectivity index (χ4n) is 2.02. The Kier molecular flexibility index (Phi) is 4.27. The second kappa shape index (κ2) is 5.93. The van der Waals surface area contributed by atoms with Gasteiger partial charge in [0.2, 0.25) is 0 Å². The zero-order valence-electron chi connectivity index (χ0n) is 10.7. The summed E-state index contributed by atoms with van der Waals surface area (Å²) in [6.45, 7) is 2.06. The molecule has 0 heterocycles. The molecule has 0 fully saturated rings.